The maximum Gasteiger partial charge on any atom is 0.320 e. The van der Waals surface area contributed by atoms with Gasteiger partial charge in [-0.1, -0.05) is 84.9 Å². The smallest absolute Gasteiger partial charge is 0.320 e. The van der Waals surface area contributed by atoms with E-state index in [9.17, 15) is 9.90 Å². The van der Waals surface area contributed by atoms with Gasteiger partial charge in [0.1, 0.15) is 17.5 Å². The minimum Gasteiger partial charge on any atom is -0.480 e. The van der Waals surface area contributed by atoms with Crippen LogP contribution >= 0.6 is 0 Å². The summed E-state index contributed by atoms with van der Waals surface area (Å²) in [6, 6.07) is 35.8. The van der Waals surface area contributed by atoms with Crippen molar-refractivity contribution in [2.75, 3.05) is 6.54 Å². The van der Waals surface area contributed by atoms with E-state index in [4.69, 9.17) is 4.74 Å². The average molecular weight is 450 g/mol. The number of likely N-dealkylation sites (tertiary alicyclic amines) is 1. The quantitative estimate of drug-likeness (QED) is 0.338. The maximum absolute atomic E-state index is 12.1. The predicted octanol–water partition coefficient (Wildman–Crippen LogP) is 6.78. The summed E-state index contributed by atoms with van der Waals surface area (Å²) in [6.07, 6.45) is 1.53. The number of ether oxygens (including phenoxy) is 1. The van der Waals surface area contributed by atoms with Crippen LogP contribution < -0.4 is 4.74 Å². The normalized spacial score (nSPS) is 16.8. The van der Waals surface area contributed by atoms with E-state index in [1.54, 1.807) is 0 Å². The van der Waals surface area contributed by atoms with Gasteiger partial charge >= 0.3 is 5.97 Å². The summed E-state index contributed by atoms with van der Waals surface area (Å²) in [7, 11) is 0. The van der Waals surface area contributed by atoms with Crippen LogP contribution in [-0.2, 0) is 4.79 Å². The van der Waals surface area contributed by atoms with Gasteiger partial charge < -0.3 is 9.84 Å². The molecule has 4 aromatic rings. The first kappa shape index (κ1) is 21.9. The molecule has 0 saturated carbocycles. The first-order valence-electron chi connectivity index (χ1n) is 11.7. The third-order valence-corrected chi connectivity index (χ3v) is 6.40. The first-order valence-corrected chi connectivity index (χ1v) is 11.7. The summed E-state index contributed by atoms with van der Waals surface area (Å²) in [6.45, 7) is 0.742. The molecule has 4 aromatic carbocycles. The van der Waals surface area contributed by atoms with E-state index in [2.05, 4.69) is 47.4 Å². The van der Waals surface area contributed by atoms with Gasteiger partial charge in [0.2, 0.25) is 0 Å². The number of hydrogen-bond acceptors (Lipinski definition) is 3. The molecule has 1 N–H and O–H groups in total. The lowest BCUT2D eigenvalue weighted by Gasteiger charge is -2.32. The number of para-hydroxylation sites is 1. The van der Waals surface area contributed by atoms with Crippen molar-refractivity contribution in [3.8, 4) is 22.6 Å². The number of carbonyl (C=O) groups is 1. The number of aliphatic carboxylic acids is 1. The Balaban J connectivity index is 1.52. The molecule has 4 nitrogen and oxygen atoms in total. The van der Waals surface area contributed by atoms with Crippen LogP contribution in [0.1, 0.15) is 30.0 Å². The van der Waals surface area contributed by atoms with E-state index in [0.29, 0.717) is 6.42 Å². The van der Waals surface area contributed by atoms with Crippen molar-refractivity contribution in [1.29, 1.82) is 0 Å². The molecular formula is C30H27NO3. The minimum atomic E-state index is -0.764. The number of nitrogens with zero attached hydrogens (tertiary/aromatic N) is 1. The van der Waals surface area contributed by atoms with Crippen LogP contribution in [0.15, 0.2) is 109 Å². The number of rotatable bonds is 7. The number of benzene rings is 4. The standard InChI is InChI=1S/C30H27NO3/c32-30(33)28-15-8-20-31(28)29(24-18-16-23(17-19-24)22-9-3-1-4-10-22)25-11-7-14-27(21-25)34-26-12-5-2-6-13-26/h1-7,9-14,16-19,21,28-29H,8,15,20H2,(H,32,33). The second kappa shape index (κ2) is 9.94. The third-order valence-electron chi connectivity index (χ3n) is 6.40. The topological polar surface area (TPSA) is 49.8 Å². The Hall–Kier alpha value is -3.89. The number of hydrogen-bond donors (Lipinski definition) is 1. The molecule has 0 spiro atoms. The second-order valence-corrected chi connectivity index (χ2v) is 8.61. The van der Waals surface area contributed by atoms with Crippen LogP contribution in [0.25, 0.3) is 11.1 Å². The molecule has 2 unspecified atom stereocenters. The van der Waals surface area contributed by atoms with Gasteiger partial charge in [-0.25, -0.2) is 0 Å². The van der Waals surface area contributed by atoms with Crippen LogP contribution in [0.3, 0.4) is 0 Å². The summed E-state index contributed by atoms with van der Waals surface area (Å²) in [5, 5.41) is 9.90. The third kappa shape index (κ3) is 4.73. The fourth-order valence-electron chi connectivity index (χ4n) is 4.80. The molecule has 0 aromatic heterocycles. The van der Waals surface area contributed by atoms with Crippen molar-refractivity contribution in [1.82, 2.24) is 4.90 Å². The molecule has 2 atom stereocenters. The lowest BCUT2D eigenvalue weighted by atomic mass is 9.94. The molecule has 0 bridgehead atoms. The molecule has 0 radical (unpaired) electrons. The SMILES string of the molecule is O=C(O)C1CCCN1C(c1ccc(-c2ccccc2)cc1)c1cccc(Oc2ccccc2)c1. The molecule has 0 aliphatic carbocycles. The number of carboxylic acids is 1. The van der Waals surface area contributed by atoms with E-state index < -0.39 is 12.0 Å². The van der Waals surface area contributed by atoms with Gasteiger partial charge in [-0.3, -0.25) is 9.69 Å². The molecule has 5 rings (SSSR count). The van der Waals surface area contributed by atoms with Gasteiger partial charge in [0.05, 0.1) is 6.04 Å². The molecule has 0 amide bonds. The van der Waals surface area contributed by atoms with Crippen LogP contribution in [0.4, 0.5) is 0 Å². The van der Waals surface area contributed by atoms with E-state index >= 15 is 0 Å². The highest BCUT2D eigenvalue weighted by Gasteiger charge is 2.37. The lowest BCUT2D eigenvalue weighted by Crippen LogP contribution is -2.39. The molecule has 4 heteroatoms. The Kier molecular flexibility index (Phi) is 6.41. The summed E-state index contributed by atoms with van der Waals surface area (Å²) in [5.41, 5.74) is 4.40. The highest BCUT2D eigenvalue weighted by Crippen LogP contribution is 2.37. The van der Waals surface area contributed by atoms with Gasteiger partial charge in [-0.15, -0.1) is 0 Å². The van der Waals surface area contributed by atoms with E-state index in [-0.39, 0.29) is 6.04 Å². The Morgan fingerprint density at radius 1 is 0.765 bits per heavy atom. The molecule has 1 aliphatic heterocycles. The Labute approximate surface area is 200 Å². The second-order valence-electron chi connectivity index (χ2n) is 8.61. The summed E-state index contributed by atoms with van der Waals surface area (Å²) >= 11 is 0. The van der Waals surface area contributed by atoms with Gasteiger partial charge in [-0.05, 0) is 59.4 Å². The summed E-state index contributed by atoms with van der Waals surface area (Å²) < 4.78 is 6.08. The zero-order valence-electron chi connectivity index (χ0n) is 18.9. The van der Waals surface area contributed by atoms with Crippen molar-refractivity contribution >= 4 is 5.97 Å². The van der Waals surface area contributed by atoms with Gasteiger partial charge in [0, 0.05) is 6.54 Å². The molecule has 170 valence electrons. The van der Waals surface area contributed by atoms with Crippen molar-refractivity contribution < 1.29 is 14.6 Å². The van der Waals surface area contributed by atoms with Crippen molar-refractivity contribution in [3.05, 3.63) is 120 Å². The fourth-order valence-corrected chi connectivity index (χ4v) is 4.80. The zero-order chi connectivity index (χ0) is 23.3. The molecular weight excluding hydrogens is 422 g/mol. The van der Waals surface area contributed by atoms with E-state index in [1.807, 2.05) is 66.7 Å². The Bertz CT molecular complexity index is 1240. The van der Waals surface area contributed by atoms with E-state index in [0.717, 1.165) is 46.7 Å². The average Bonchev–Trinajstić information content (AvgIpc) is 3.36. The molecule has 34 heavy (non-hydrogen) atoms. The lowest BCUT2D eigenvalue weighted by molar-refractivity contribution is -0.142. The highest BCUT2D eigenvalue weighted by atomic mass is 16.5. The van der Waals surface area contributed by atoms with Crippen molar-refractivity contribution in [3.63, 3.8) is 0 Å². The monoisotopic (exact) mass is 449 g/mol. The minimum absolute atomic E-state index is 0.173. The summed E-state index contributed by atoms with van der Waals surface area (Å²) in [4.78, 5) is 14.2. The summed E-state index contributed by atoms with van der Waals surface area (Å²) in [5.74, 6) is 0.744. The van der Waals surface area contributed by atoms with Gasteiger partial charge in [-0.2, -0.15) is 0 Å². The largest absolute Gasteiger partial charge is 0.480 e. The zero-order valence-corrected chi connectivity index (χ0v) is 18.9. The maximum atomic E-state index is 12.1. The Morgan fingerprint density at radius 3 is 2.12 bits per heavy atom. The van der Waals surface area contributed by atoms with Gasteiger partial charge in [0.25, 0.3) is 0 Å². The van der Waals surface area contributed by atoms with Crippen LogP contribution in [0.5, 0.6) is 11.5 Å². The predicted molar refractivity (Wildman–Crippen MR) is 134 cm³/mol. The Morgan fingerprint density at radius 2 is 1.41 bits per heavy atom. The van der Waals surface area contributed by atoms with Gasteiger partial charge in [0.15, 0.2) is 0 Å². The van der Waals surface area contributed by atoms with Crippen molar-refractivity contribution in [2.45, 2.75) is 24.9 Å². The first-order chi connectivity index (χ1) is 16.7. The molecule has 1 heterocycles. The highest BCUT2D eigenvalue weighted by molar-refractivity contribution is 5.74. The fraction of sp³-hybridized carbons (Fsp3) is 0.167. The van der Waals surface area contributed by atoms with Crippen LogP contribution in [0.2, 0.25) is 0 Å². The molecule has 1 fully saturated rings. The number of carboxylic acid groups (broad SMARTS) is 1. The molecule has 1 saturated heterocycles. The van der Waals surface area contributed by atoms with Crippen LogP contribution in [-0.4, -0.2) is 28.6 Å². The molecule has 1 aliphatic rings. The van der Waals surface area contributed by atoms with E-state index in [1.165, 1.54) is 0 Å². The van der Waals surface area contributed by atoms with Crippen molar-refractivity contribution in [2.24, 2.45) is 0 Å². The van der Waals surface area contributed by atoms with Crippen LogP contribution in [0, 0.1) is 0 Å².